The third kappa shape index (κ3) is 6.91. The van der Waals surface area contributed by atoms with Crippen molar-refractivity contribution < 1.29 is 14.3 Å². The molecule has 1 N–H and O–H groups in total. The minimum atomic E-state index is 0.0309. The van der Waals surface area contributed by atoms with Crippen molar-refractivity contribution in [1.29, 1.82) is 0 Å². The summed E-state index contributed by atoms with van der Waals surface area (Å²) in [5.41, 5.74) is 0. The van der Waals surface area contributed by atoms with E-state index in [2.05, 4.69) is 5.32 Å². The van der Waals surface area contributed by atoms with Crippen LogP contribution in [0.15, 0.2) is 30.3 Å². The van der Waals surface area contributed by atoms with Gasteiger partial charge in [0.05, 0.1) is 13.0 Å². The zero-order valence-electron chi connectivity index (χ0n) is 10.9. The molecule has 18 heavy (non-hydrogen) atoms. The number of unbranched alkanes of at least 4 members (excludes halogenated alkanes) is 1. The molecule has 1 aromatic carbocycles. The van der Waals surface area contributed by atoms with E-state index in [-0.39, 0.29) is 5.91 Å². The first kappa shape index (κ1) is 14.5. The molecule has 0 heterocycles. The minimum Gasteiger partial charge on any atom is -0.493 e. The van der Waals surface area contributed by atoms with Crippen molar-refractivity contribution in [1.82, 2.24) is 5.32 Å². The third-order valence-electron chi connectivity index (χ3n) is 2.44. The van der Waals surface area contributed by atoms with E-state index in [9.17, 15) is 4.79 Å². The fraction of sp³-hybridized carbons (Fsp3) is 0.500. The molecule has 0 radical (unpaired) electrons. The Hall–Kier alpha value is -1.55. The van der Waals surface area contributed by atoms with E-state index >= 15 is 0 Å². The number of hydrogen-bond acceptors (Lipinski definition) is 3. The monoisotopic (exact) mass is 251 g/mol. The van der Waals surface area contributed by atoms with Gasteiger partial charge in [0, 0.05) is 20.3 Å². The lowest BCUT2D eigenvalue weighted by Crippen LogP contribution is -2.26. The summed E-state index contributed by atoms with van der Waals surface area (Å²) in [5.74, 6) is 0.828. The quantitative estimate of drug-likeness (QED) is 0.683. The first-order valence-corrected chi connectivity index (χ1v) is 6.26. The van der Waals surface area contributed by atoms with Gasteiger partial charge in [0.2, 0.25) is 5.91 Å². The van der Waals surface area contributed by atoms with E-state index in [1.807, 2.05) is 30.3 Å². The van der Waals surface area contributed by atoms with Crippen LogP contribution in [0.1, 0.15) is 19.3 Å². The lowest BCUT2D eigenvalue weighted by atomic mass is 10.3. The summed E-state index contributed by atoms with van der Waals surface area (Å²) in [7, 11) is 1.68. The Labute approximate surface area is 108 Å². The molecule has 1 aromatic rings. The Morgan fingerprint density at radius 1 is 1.17 bits per heavy atom. The zero-order valence-corrected chi connectivity index (χ0v) is 10.9. The molecule has 0 fully saturated rings. The molecule has 0 aliphatic heterocycles. The summed E-state index contributed by atoms with van der Waals surface area (Å²) in [6.45, 7) is 1.86. The molecule has 0 spiro atoms. The van der Waals surface area contributed by atoms with Crippen LogP contribution in [0.5, 0.6) is 5.75 Å². The van der Waals surface area contributed by atoms with E-state index in [1.54, 1.807) is 7.11 Å². The van der Waals surface area contributed by atoms with Crippen molar-refractivity contribution in [3.8, 4) is 5.75 Å². The maximum Gasteiger partial charge on any atom is 0.223 e. The van der Waals surface area contributed by atoms with Crippen LogP contribution in [0.25, 0.3) is 0 Å². The molecule has 4 heteroatoms. The molecule has 0 aromatic heterocycles. The third-order valence-corrected chi connectivity index (χ3v) is 2.44. The van der Waals surface area contributed by atoms with E-state index in [1.165, 1.54) is 0 Å². The molecule has 0 saturated heterocycles. The van der Waals surface area contributed by atoms with Crippen LogP contribution >= 0.6 is 0 Å². The van der Waals surface area contributed by atoms with Gasteiger partial charge in [-0.3, -0.25) is 4.79 Å². The predicted octanol–water partition coefficient (Wildman–Crippen LogP) is 2.00. The minimum absolute atomic E-state index is 0.0309. The average molecular weight is 251 g/mol. The Kier molecular flexibility index (Phi) is 7.64. The van der Waals surface area contributed by atoms with Crippen LogP contribution in [-0.2, 0) is 9.53 Å². The summed E-state index contributed by atoms with van der Waals surface area (Å²) in [5, 5.41) is 2.85. The van der Waals surface area contributed by atoms with Gasteiger partial charge in [-0.2, -0.15) is 0 Å². The van der Waals surface area contributed by atoms with Crippen LogP contribution in [-0.4, -0.2) is 32.8 Å². The highest BCUT2D eigenvalue weighted by molar-refractivity contribution is 5.75. The first-order valence-electron chi connectivity index (χ1n) is 6.26. The lowest BCUT2D eigenvalue weighted by Gasteiger charge is -2.07. The van der Waals surface area contributed by atoms with Crippen LogP contribution in [0.2, 0.25) is 0 Å². The van der Waals surface area contributed by atoms with Gasteiger partial charge in [-0.05, 0) is 25.0 Å². The number of ether oxygens (including phenoxy) is 2. The number of carbonyl (C=O) groups excluding carboxylic acids is 1. The Morgan fingerprint density at radius 3 is 2.67 bits per heavy atom. The molecule has 0 atom stereocenters. The average Bonchev–Trinajstić information content (AvgIpc) is 2.40. The number of rotatable bonds is 9. The summed E-state index contributed by atoms with van der Waals surface area (Å²) in [6.07, 6.45) is 2.30. The molecule has 0 saturated carbocycles. The normalized spacial score (nSPS) is 10.1. The summed E-state index contributed by atoms with van der Waals surface area (Å²) in [6, 6.07) is 9.50. The molecule has 0 aliphatic rings. The van der Waals surface area contributed by atoms with Gasteiger partial charge in [0.1, 0.15) is 5.75 Å². The molecular weight excluding hydrogens is 230 g/mol. The number of nitrogens with one attached hydrogen (secondary N) is 1. The van der Waals surface area contributed by atoms with Crippen LogP contribution in [0, 0.1) is 0 Å². The maximum atomic E-state index is 11.4. The van der Waals surface area contributed by atoms with Gasteiger partial charge in [-0.1, -0.05) is 18.2 Å². The van der Waals surface area contributed by atoms with E-state index in [0.717, 1.165) is 25.2 Å². The van der Waals surface area contributed by atoms with E-state index < -0.39 is 0 Å². The van der Waals surface area contributed by atoms with Gasteiger partial charge in [0.25, 0.3) is 0 Å². The second-order valence-corrected chi connectivity index (χ2v) is 3.96. The SMILES string of the molecule is COCCCCNC(=O)CCOc1ccccc1. The zero-order chi connectivity index (χ0) is 13.1. The van der Waals surface area contributed by atoms with Crippen molar-refractivity contribution in [2.75, 3.05) is 26.9 Å². The van der Waals surface area contributed by atoms with E-state index in [0.29, 0.717) is 19.6 Å². The summed E-state index contributed by atoms with van der Waals surface area (Å²) < 4.78 is 10.4. The predicted molar refractivity (Wildman–Crippen MR) is 70.7 cm³/mol. The smallest absolute Gasteiger partial charge is 0.223 e. The summed E-state index contributed by atoms with van der Waals surface area (Å²) in [4.78, 5) is 11.4. The first-order chi connectivity index (χ1) is 8.83. The molecule has 0 aliphatic carbocycles. The van der Waals surface area contributed by atoms with Crippen molar-refractivity contribution in [2.24, 2.45) is 0 Å². The molecule has 100 valence electrons. The van der Waals surface area contributed by atoms with Crippen LogP contribution in [0.3, 0.4) is 0 Å². The molecule has 0 unspecified atom stereocenters. The Morgan fingerprint density at radius 2 is 1.94 bits per heavy atom. The van der Waals surface area contributed by atoms with Crippen molar-refractivity contribution >= 4 is 5.91 Å². The van der Waals surface area contributed by atoms with Gasteiger partial charge < -0.3 is 14.8 Å². The molecule has 1 rings (SSSR count). The Bertz CT molecular complexity index is 327. The Balaban J connectivity index is 2.00. The number of methoxy groups -OCH3 is 1. The highest BCUT2D eigenvalue weighted by Crippen LogP contribution is 2.08. The van der Waals surface area contributed by atoms with Gasteiger partial charge >= 0.3 is 0 Å². The highest BCUT2D eigenvalue weighted by atomic mass is 16.5. The fourth-order valence-corrected chi connectivity index (χ4v) is 1.47. The molecule has 1 amide bonds. The molecular formula is C14H21NO3. The number of benzene rings is 1. The van der Waals surface area contributed by atoms with Crippen molar-refractivity contribution in [3.05, 3.63) is 30.3 Å². The van der Waals surface area contributed by atoms with Gasteiger partial charge in [0.15, 0.2) is 0 Å². The number of para-hydroxylation sites is 1. The highest BCUT2D eigenvalue weighted by Gasteiger charge is 2.00. The standard InChI is InChI=1S/C14H21NO3/c1-17-11-6-5-10-15-14(16)9-12-18-13-7-3-2-4-8-13/h2-4,7-8H,5-6,9-12H2,1H3,(H,15,16). The second kappa shape index (κ2) is 9.48. The van der Waals surface area contributed by atoms with E-state index in [4.69, 9.17) is 9.47 Å². The largest absolute Gasteiger partial charge is 0.493 e. The van der Waals surface area contributed by atoms with Gasteiger partial charge in [-0.15, -0.1) is 0 Å². The second-order valence-electron chi connectivity index (χ2n) is 3.96. The topological polar surface area (TPSA) is 47.6 Å². The molecule has 0 bridgehead atoms. The van der Waals surface area contributed by atoms with Crippen LogP contribution < -0.4 is 10.1 Å². The lowest BCUT2D eigenvalue weighted by molar-refractivity contribution is -0.121. The maximum absolute atomic E-state index is 11.4. The number of hydrogen-bond donors (Lipinski definition) is 1. The summed E-state index contributed by atoms with van der Waals surface area (Å²) >= 11 is 0. The number of carbonyl (C=O) groups is 1. The fourth-order valence-electron chi connectivity index (χ4n) is 1.47. The molecule has 4 nitrogen and oxygen atoms in total. The van der Waals surface area contributed by atoms with Gasteiger partial charge in [-0.25, -0.2) is 0 Å². The van der Waals surface area contributed by atoms with Crippen molar-refractivity contribution in [2.45, 2.75) is 19.3 Å². The van der Waals surface area contributed by atoms with Crippen LogP contribution in [0.4, 0.5) is 0 Å². The number of amides is 1. The van der Waals surface area contributed by atoms with Crippen molar-refractivity contribution in [3.63, 3.8) is 0 Å².